The van der Waals surface area contributed by atoms with E-state index in [2.05, 4.69) is 36.4 Å². The number of alkyl halides is 1. The smallest absolute Gasteiger partial charge is 0.184 e. The molecule has 0 aromatic heterocycles. The van der Waals surface area contributed by atoms with Crippen molar-refractivity contribution in [1.82, 2.24) is 0 Å². The summed E-state index contributed by atoms with van der Waals surface area (Å²) in [4.78, 5) is 0. The maximum Gasteiger partial charge on any atom is 0.184 e. The van der Waals surface area contributed by atoms with Gasteiger partial charge >= 0.3 is 0 Å². The van der Waals surface area contributed by atoms with Gasteiger partial charge in [-0.2, -0.15) is 0 Å². The van der Waals surface area contributed by atoms with Crippen LogP contribution in [0.3, 0.4) is 0 Å². The maximum absolute atomic E-state index is 13.7. The molecule has 5 heteroatoms. The quantitative estimate of drug-likeness (QED) is 0.380. The van der Waals surface area contributed by atoms with Gasteiger partial charge in [0, 0.05) is 16.3 Å². The van der Waals surface area contributed by atoms with Crippen LogP contribution in [0.25, 0.3) is 0 Å². The maximum atomic E-state index is 13.7. The Labute approximate surface area is 174 Å². The number of halogens is 3. The zero-order chi connectivity index (χ0) is 20.1. The molecule has 1 unspecified atom stereocenters. The van der Waals surface area contributed by atoms with Gasteiger partial charge in [0.1, 0.15) is 0 Å². The lowest BCUT2D eigenvalue weighted by Gasteiger charge is -2.62. The van der Waals surface area contributed by atoms with E-state index in [1.165, 1.54) is 11.6 Å². The Hall–Kier alpha value is -0.780. The van der Waals surface area contributed by atoms with Gasteiger partial charge in [0.25, 0.3) is 0 Å². The van der Waals surface area contributed by atoms with Crippen LogP contribution in [-0.2, 0) is 9.47 Å². The monoisotopic (exact) mass is 454 g/mol. The van der Waals surface area contributed by atoms with Crippen molar-refractivity contribution >= 4 is 15.9 Å². The van der Waals surface area contributed by atoms with Crippen molar-refractivity contribution in [3.8, 4) is 0 Å². The zero-order valence-corrected chi connectivity index (χ0v) is 18.2. The molecule has 28 heavy (non-hydrogen) atoms. The molecule has 1 aromatic carbocycles. The molecule has 0 spiro atoms. The lowest BCUT2D eigenvalue weighted by atomic mass is 9.46. The van der Waals surface area contributed by atoms with Gasteiger partial charge in [-0.25, -0.2) is 8.78 Å². The highest BCUT2D eigenvalue weighted by Gasteiger charge is 2.60. The van der Waals surface area contributed by atoms with Crippen molar-refractivity contribution in [3.63, 3.8) is 0 Å². The summed E-state index contributed by atoms with van der Waals surface area (Å²) in [5.74, 6) is -0.692. The molecular weight excluding hydrogens is 426 g/mol. The van der Waals surface area contributed by atoms with Crippen LogP contribution in [0.15, 0.2) is 30.4 Å². The molecule has 2 saturated carbocycles. The molecule has 2 aliphatic carbocycles. The number of hydrogen-bond acceptors (Lipinski definition) is 2. The van der Waals surface area contributed by atoms with Gasteiger partial charge in [0.05, 0.1) is 12.7 Å². The van der Waals surface area contributed by atoms with Crippen LogP contribution < -0.4 is 0 Å². The first-order chi connectivity index (χ1) is 13.3. The van der Waals surface area contributed by atoms with E-state index < -0.39 is 17.9 Å². The van der Waals surface area contributed by atoms with E-state index in [4.69, 9.17) is 9.47 Å². The average Bonchev–Trinajstić information content (AvgIpc) is 2.66. The molecule has 0 radical (unpaired) electrons. The van der Waals surface area contributed by atoms with E-state index in [-0.39, 0.29) is 16.9 Å². The number of allylic oxidation sites excluding steroid dienone is 1. The van der Waals surface area contributed by atoms with Crippen molar-refractivity contribution in [2.24, 2.45) is 22.7 Å². The van der Waals surface area contributed by atoms with Gasteiger partial charge in [0.2, 0.25) is 0 Å². The highest BCUT2D eigenvalue weighted by atomic mass is 79.9. The van der Waals surface area contributed by atoms with Gasteiger partial charge in [-0.3, -0.25) is 0 Å². The number of hydrogen-bond donors (Lipinski definition) is 0. The zero-order valence-electron chi connectivity index (χ0n) is 16.6. The van der Waals surface area contributed by atoms with Gasteiger partial charge in [0.15, 0.2) is 17.9 Å². The van der Waals surface area contributed by atoms with E-state index >= 15 is 0 Å². The second kappa shape index (κ2) is 7.48. The van der Waals surface area contributed by atoms with E-state index in [0.717, 1.165) is 43.5 Å². The Morgan fingerprint density at radius 3 is 2.68 bits per heavy atom. The first kappa shape index (κ1) is 20.5. The Bertz CT molecular complexity index is 769. The Morgan fingerprint density at radius 1 is 1.18 bits per heavy atom. The Morgan fingerprint density at radius 2 is 1.96 bits per heavy atom. The number of rotatable bonds is 3. The Balaban J connectivity index is 1.58. The SMILES string of the molecule is C=C1CCC2[C@]3(C)CO[C@@H](c4ccc(F)c(F)c4)O[C@@H]3CC[C@@]2(C)[C@@H]1CCBr. The predicted molar refractivity (Wildman–Crippen MR) is 109 cm³/mol. The van der Waals surface area contributed by atoms with Crippen LogP contribution in [0.2, 0.25) is 0 Å². The average molecular weight is 455 g/mol. The standard InChI is InChI=1S/C23H29BrF2O2/c1-14-4-7-19-22(2,16(14)9-11-24)10-8-20-23(19,3)13-27-21(28-20)15-5-6-17(25)18(26)12-15/h5-6,12,16,19-21H,1,4,7-11,13H2,2-3H3/t16-,19?,20-,21-,22+,23+/m1/s1. The van der Waals surface area contributed by atoms with Crippen LogP contribution in [0.5, 0.6) is 0 Å². The fourth-order valence-corrected chi connectivity index (χ4v) is 6.77. The fourth-order valence-electron chi connectivity index (χ4n) is 6.31. The third kappa shape index (κ3) is 3.18. The minimum atomic E-state index is -0.863. The topological polar surface area (TPSA) is 18.5 Å². The molecule has 1 aromatic rings. The van der Waals surface area contributed by atoms with Crippen LogP contribution in [0, 0.1) is 34.3 Å². The third-order valence-electron chi connectivity index (χ3n) is 7.76. The first-order valence-corrected chi connectivity index (χ1v) is 11.4. The largest absolute Gasteiger partial charge is 0.348 e. The summed E-state index contributed by atoms with van der Waals surface area (Å²) in [5, 5.41) is 0.990. The van der Waals surface area contributed by atoms with Crippen LogP contribution in [0.1, 0.15) is 57.8 Å². The van der Waals surface area contributed by atoms with Gasteiger partial charge < -0.3 is 9.47 Å². The van der Waals surface area contributed by atoms with E-state index in [9.17, 15) is 8.78 Å². The fraction of sp³-hybridized carbons (Fsp3) is 0.652. The normalized spacial score (nSPS) is 40.7. The summed E-state index contributed by atoms with van der Waals surface area (Å²) >= 11 is 3.63. The lowest BCUT2D eigenvalue weighted by molar-refractivity contribution is -0.307. The van der Waals surface area contributed by atoms with Crippen molar-refractivity contribution in [3.05, 3.63) is 47.5 Å². The molecule has 2 nitrogen and oxygen atoms in total. The molecule has 1 saturated heterocycles. The van der Waals surface area contributed by atoms with E-state index in [0.29, 0.717) is 24.0 Å². The van der Waals surface area contributed by atoms with Crippen molar-refractivity contribution < 1.29 is 18.3 Å². The number of fused-ring (bicyclic) bond motifs is 3. The molecule has 6 atom stereocenters. The molecule has 3 fully saturated rings. The molecular formula is C23H29BrF2O2. The van der Waals surface area contributed by atoms with E-state index in [1.54, 1.807) is 6.07 Å². The summed E-state index contributed by atoms with van der Waals surface area (Å²) in [7, 11) is 0. The minimum Gasteiger partial charge on any atom is -0.348 e. The van der Waals surface area contributed by atoms with Crippen LogP contribution >= 0.6 is 15.9 Å². The minimum absolute atomic E-state index is 0.0634. The van der Waals surface area contributed by atoms with Crippen LogP contribution in [-0.4, -0.2) is 18.0 Å². The van der Waals surface area contributed by atoms with Gasteiger partial charge in [-0.1, -0.05) is 48.0 Å². The third-order valence-corrected chi connectivity index (χ3v) is 8.22. The predicted octanol–water partition coefficient (Wildman–Crippen LogP) is 6.55. The molecule has 0 N–H and O–H groups in total. The van der Waals surface area contributed by atoms with Crippen molar-refractivity contribution in [2.75, 3.05) is 11.9 Å². The van der Waals surface area contributed by atoms with E-state index in [1.807, 2.05) is 0 Å². The number of ether oxygens (including phenoxy) is 2. The number of benzene rings is 1. The Kier molecular flexibility index (Phi) is 5.47. The lowest BCUT2D eigenvalue weighted by Crippen LogP contribution is -2.60. The summed E-state index contributed by atoms with van der Waals surface area (Å²) in [6, 6.07) is 3.88. The second-order valence-corrected chi connectivity index (χ2v) is 10.1. The molecule has 1 heterocycles. The highest BCUT2D eigenvalue weighted by Crippen LogP contribution is 2.63. The summed E-state index contributed by atoms with van der Waals surface area (Å²) in [6.45, 7) is 9.69. The second-order valence-electron chi connectivity index (χ2n) is 9.27. The summed E-state index contributed by atoms with van der Waals surface area (Å²) in [6.07, 6.45) is 4.78. The highest BCUT2D eigenvalue weighted by molar-refractivity contribution is 9.09. The van der Waals surface area contributed by atoms with Crippen LogP contribution in [0.4, 0.5) is 8.78 Å². The molecule has 154 valence electrons. The summed E-state index contributed by atoms with van der Waals surface area (Å²) in [5.41, 5.74) is 2.06. The molecule has 0 bridgehead atoms. The van der Waals surface area contributed by atoms with Gasteiger partial charge in [-0.05, 0) is 61.5 Å². The van der Waals surface area contributed by atoms with Gasteiger partial charge in [-0.15, -0.1) is 0 Å². The molecule has 3 aliphatic rings. The summed E-state index contributed by atoms with van der Waals surface area (Å²) < 4.78 is 39.4. The molecule has 0 amide bonds. The van der Waals surface area contributed by atoms with Crippen molar-refractivity contribution in [1.29, 1.82) is 0 Å². The first-order valence-electron chi connectivity index (χ1n) is 10.3. The molecule has 1 aliphatic heterocycles. The molecule has 4 rings (SSSR count). The van der Waals surface area contributed by atoms with Crippen molar-refractivity contribution in [2.45, 2.75) is 58.3 Å².